The van der Waals surface area contributed by atoms with Crippen LogP contribution in [0.3, 0.4) is 0 Å². The molecule has 0 aliphatic heterocycles. The lowest BCUT2D eigenvalue weighted by molar-refractivity contribution is -0.119. The molecule has 0 spiro atoms. The maximum atomic E-state index is 12.3. The first-order valence-corrected chi connectivity index (χ1v) is 10.2. The van der Waals surface area contributed by atoms with E-state index >= 15 is 0 Å². The van der Waals surface area contributed by atoms with Gasteiger partial charge in [-0.3, -0.25) is 9.78 Å². The monoisotopic (exact) mass is 362 g/mol. The van der Waals surface area contributed by atoms with E-state index in [-0.39, 0.29) is 11.9 Å². The molecule has 3 rings (SSSR count). The average molecular weight is 363 g/mol. The summed E-state index contributed by atoms with van der Waals surface area (Å²) in [5, 5.41) is 11.0. The van der Waals surface area contributed by atoms with Crippen molar-refractivity contribution in [1.82, 2.24) is 20.5 Å². The van der Waals surface area contributed by atoms with Gasteiger partial charge in [-0.25, -0.2) is 0 Å². The number of amides is 1. The Morgan fingerprint density at radius 1 is 1.33 bits per heavy atom. The number of thioether (sulfide) groups is 1. The lowest BCUT2D eigenvalue weighted by atomic mass is 9.94. The fourth-order valence-electron chi connectivity index (χ4n) is 3.27. The molecule has 0 aromatic carbocycles. The number of carbonyl (C=O) groups excluding carboxylic acids is 1. The second-order valence-corrected chi connectivity index (χ2v) is 8.26. The summed E-state index contributed by atoms with van der Waals surface area (Å²) in [6.45, 7) is 0. The normalized spacial score (nSPS) is 16.2. The van der Waals surface area contributed by atoms with Gasteiger partial charge in [0.25, 0.3) is 0 Å². The maximum absolute atomic E-state index is 12.3. The van der Waals surface area contributed by atoms with Gasteiger partial charge in [0.15, 0.2) is 4.34 Å². The van der Waals surface area contributed by atoms with E-state index in [2.05, 4.69) is 20.5 Å². The summed E-state index contributed by atoms with van der Waals surface area (Å²) in [5.74, 6) is 1.22. The van der Waals surface area contributed by atoms with Crippen LogP contribution in [-0.4, -0.2) is 32.9 Å². The predicted molar refractivity (Wildman–Crippen MR) is 97.1 cm³/mol. The first-order valence-electron chi connectivity index (χ1n) is 8.37. The van der Waals surface area contributed by atoms with Crippen LogP contribution in [0.4, 0.5) is 0 Å². The van der Waals surface area contributed by atoms with Crippen molar-refractivity contribution in [2.24, 2.45) is 5.92 Å². The molecule has 2 aromatic heterocycles. The highest BCUT2D eigenvalue weighted by Gasteiger charge is 2.22. The molecule has 0 radical (unpaired) electrons. The first kappa shape index (κ1) is 17.4. The summed E-state index contributed by atoms with van der Waals surface area (Å²) in [5.41, 5.74) is 2.91. The zero-order chi connectivity index (χ0) is 16.6. The molecule has 24 heavy (non-hydrogen) atoms. The van der Waals surface area contributed by atoms with E-state index < -0.39 is 0 Å². The number of aromatic nitrogens is 3. The highest BCUT2D eigenvalue weighted by Crippen LogP contribution is 2.29. The van der Waals surface area contributed by atoms with Crippen molar-refractivity contribution in [2.45, 2.75) is 48.9 Å². The number of carbonyl (C=O) groups is 1. The van der Waals surface area contributed by atoms with Gasteiger partial charge >= 0.3 is 0 Å². The van der Waals surface area contributed by atoms with Crippen LogP contribution in [0.2, 0.25) is 0 Å². The molecule has 1 saturated carbocycles. The van der Waals surface area contributed by atoms with Crippen molar-refractivity contribution >= 4 is 29.0 Å². The average Bonchev–Trinajstić information content (AvgIpc) is 3.27. The molecule has 1 aliphatic carbocycles. The summed E-state index contributed by atoms with van der Waals surface area (Å²) in [4.78, 5) is 16.4. The van der Waals surface area contributed by atoms with Crippen LogP contribution in [0, 0.1) is 5.92 Å². The van der Waals surface area contributed by atoms with E-state index in [1.165, 1.54) is 54.3 Å². The largest absolute Gasteiger partial charge is 0.352 e. The molecule has 2 aromatic rings. The van der Waals surface area contributed by atoms with Crippen LogP contribution < -0.4 is 5.32 Å². The van der Waals surface area contributed by atoms with Gasteiger partial charge in [0.05, 0.1) is 5.75 Å². The molecule has 0 unspecified atom stereocenters. The Kier molecular flexibility index (Phi) is 6.60. The topological polar surface area (TPSA) is 67.8 Å². The van der Waals surface area contributed by atoms with Gasteiger partial charge in [-0.15, -0.1) is 10.2 Å². The van der Waals surface area contributed by atoms with Crippen molar-refractivity contribution < 1.29 is 4.79 Å². The fraction of sp³-hybridized carbons (Fsp3) is 0.529. The summed E-state index contributed by atoms with van der Waals surface area (Å²) in [6.07, 6.45) is 10.8. The molecule has 1 aliphatic rings. The van der Waals surface area contributed by atoms with Crippen LogP contribution in [-0.2, 0) is 11.2 Å². The molecule has 5 nitrogen and oxygen atoms in total. The van der Waals surface area contributed by atoms with E-state index in [0.29, 0.717) is 5.75 Å². The molecule has 7 heteroatoms. The smallest absolute Gasteiger partial charge is 0.230 e. The Hall–Kier alpha value is -1.47. The van der Waals surface area contributed by atoms with Gasteiger partial charge in [0.2, 0.25) is 5.91 Å². The summed E-state index contributed by atoms with van der Waals surface area (Å²) in [6, 6.07) is 4.26. The van der Waals surface area contributed by atoms with Gasteiger partial charge in [0.1, 0.15) is 5.51 Å². The van der Waals surface area contributed by atoms with Crippen LogP contribution >= 0.6 is 23.1 Å². The van der Waals surface area contributed by atoms with Gasteiger partial charge < -0.3 is 5.32 Å². The Morgan fingerprint density at radius 2 is 2.12 bits per heavy atom. The lowest BCUT2D eigenvalue weighted by Crippen LogP contribution is -2.38. The molecule has 0 saturated heterocycles. The number of hydrogen-bond acceptors (Lipinski definition) is 6. The highest BCUT2D eigenvalue weighted by molar-refractivity contribution is 8.01. The SMILES string of the molecule is O=C(CSc1nncs1)N[C@@H](Cc1ccncc1)CC1CCCC1. The Labute approximate surface area is 150 Å². The fourth-order valence-corrected chi connectivity index (χ4v) is 4.57. The van der Waals surface area contributed by atoms with Crippen LogP contribution in [0.5, 0.6) is 0 Å². The standard InChI is InChI=1S/C17H22N4OS2/c22-16(11-23-17-21-19-12-24-17)20-15(9-13-3-1-2-4-13)10-14-5-7-18-8-6-14/h5-8,12-13,15H,1-4,9-11H2,(H,20,22)/t15-/m1/s1. The van der Waals surface area contributed by atoms with E-state index in [0.717, 1.165) is 23.1 Å². The number of hydrogen-bond donors (Lipinski definition) is 1. The first-order chi connectivity index (χ1) is 11.8. The molecule has 1 atom stereocenters. The van der Waals surface area contributed by atoms with Gasteiger partial charge in [0, 0.05) is 18.4 Å². The quantitative estimate of drug-likeness (QED) is 0.730. The van der Waals surface area contributed by atoms with Gasteiger partial charge in [-0.2, -0.15) is 0 Å². The van der Waals surface area contributed by atoms with E-state index in [1.54, 1.807) is 5.51 Å². The third kappa shape index (κ3) is 5.56. The Balaban J connectivity index is 1.54. The molecule has 1 N–H and O–H groups in total. The molecule has 1 amide bonds. The number of pyridine rings is 1. The summed E-state index contributed by atoms with van der Waals surface area (Å²) < 4.78 is 0.839. The highest BCUT2D eigenvalue weighted by atomic mass is 32.2. The van der Waals surface area contributed by atoms with Crippen molar-refractivity contribution in [3.05, 3.63) is 35.6 Å². The summed E-state index contributed by atoms with van der Waals surface area (Å²) >= 11 is 2.92. The minimum absolute atomic E-state index is 0.0762. The number of nitrogens with one attached hydrogen (secondary N) is 1. The summed E-state index contributed by atoms with van der Waals surface area (Å²) in [7, 11) is 0. The van der Waals surface area contributed by atoms with Crippen molar-refractivity contribution in [3.8, 4) is 0 Å². The predicted octanol–water partition coefficient (Wildman–Crippen LogP) is 3.33. The van der Waals surface area contributed by atoms with Gasteiger partial charge in [-0.1, -0.05) is 48.8 Å². The van der Waals surface area contributed by atoms with E-state index in [1.807, 2.05) is 24.5 Å². The number of nitrogens with zero attached hydrogens (tertiary/aromatic N) is 3. The van der Waals surface area contributed by atoms with Crippen LogP contribution in [0.15, 0.2) is 34.4 Å². The second kappa shape index (κ2) is 9.13. The zero-order valence-electron chi connectivity index (χ0n) is 13.6. The van der Waals surface area contributed by atoms with Crippen molar-refractivity contribution in [1.29, 1.82) is 0 Å². The molecular weight excluding hydrogens is 340 g/mol. The van der Waals surface area contributed by atoms with Gasteiger partial charge in [-0.05, 0) is 36.5 Å². The zero-order valence-corrected chi connectivity index (χ0v) is 15.2. The van der Waals surface area contributed by atoms with E-state index in [4.69, 9.17) is 0 Å². The van der Waals surface area contributed by atoms with Crippen LogP contribution in [0.1, 0.15) is 37.7 Å². The maximum Gasteiger partial charge on any atom is 0.230 e. The third-order valence-corrected chi connectivity index (χ3v) is 6.22. The Morgan fingerprint density at radius 3 is 2.83 bits per heavy atom. The lowest BCUT2D eigenvalue weighted by Gasteiger charge is -2.22. The molecule has 128 valence electrons. The van der Waals surface area contributed by atoms with Crippen molar-refractivity contribution in [3.63, 3.8) is 0 Å². The third-order valence-electron chi connectivity index (χ3n) is 4.36. The van der Waals surface area contributed by atoms with Crippen molar-refractivity contribution in [2.75, 3.05) is 5.75 Å². The van der Waals surface area contributed by atoms with Crippen LogP contribution in [0.25, 0.3) is 0 Å². The Bertz CT molecular complexity index is 615. The molecule has 0 bridgehead atoms. The minimum Gasteiger partial charge on any atom is -0.352 e. The molecule has 2 heterocycles. The molecular formula is C17H22N4OS2. The molecule has 1 fully saturated rings. The minimum atomic E-state index is 0.0762. The number of rotatable bonds is 8. The van der Waals surface area contributed by atoms with E-state index in [9.17, 15) is 4.79 Å². The second-order valence-electron chi connectivity index (χ2n) is 6.20.